The van der Waals surface area contributed by atoms with Gasteiger partial charge in [0.25, 0.3) is 0 Å². The molecule has 18 heavy (non-hydrogen) atoms. The van der Waals surface area contributed by atoms with Crippen LogP contribution in [0.15, 0.2) is 18.2 Å². The van der Waals surface area contributed by atoms with Crippen molar-refractivity contribution >= 4 is 22.2 Å². The summed E-state index contributed by atoms with van der Waals surface area (Å²) in [5.74, 6) is 1.26. The lowest BCUT2D eigenvalue weighted by molar-refractivity contribution is -0.384. The Morgan fingerprint density at radius 1 is 1.50 bits per heavy atom. The largest absolute Gasteiger partial charge is 0.490 e. The van der Waals surface area contributed by atoms with Crippen LogP contribution >= 0.6 is 0 Å². The molecule has 1 unspecified atom stereocenters. The number of ether oxygens (including phenoxy) is 1. The molecule has 1 rings (SSSR count). The average Bonchev–Trinajstić information content (AvgIpc) is 2.37. The van der Waals surface area contributed by atoms with Gasteiger partial charge >= 0.3 is 5.69 Å². The second-order valence-corrected chi connectivity index (χ2v) is 5.34. The number of methoxy groups -OCH3 is 1. The van der Waals surface area contributed by atoms with Crippen molar-refractivity contribution in [1.29, 1.82) is 0 Å². The third-order valence-corrected chi connectivity index (χ3v) is 3.67. The summed E-state index contributed by atoms with van der Waals surface area (Å²) in [6.45, 7) is 2.26. The van der Waals surface area contributed by atoms with Crippen molar-refractivity contribution < 1.29 is 13.9 Å². The number of hydrogen-bond donors (Lipinski definition) is 1. The van der Waals surface area contributed by atoms with Crippen molar-refractivity contribution in [2.24, 2.45) is 0 Å². The van der Waals surface area contributed by atoms with Gasteiger partial charge in [0, 0.05) is 28.9 Å². The van der Waals surface area contributed by atoms with Crippen LogP contribution in [0.2, 0.25) is 0 Å². The number of rotatable bonds is 7. The third kappa shape index (κ3) is 3.69. The summed E-state index contributed by atoms with van der Waals surface area (Å²) in [4.78, 5) is 10.5. The summed E-state index contributed by atoms with van der Waals surface area (Å²) in [6.07, 6.45) is 0. The topological polar surface area (TPSA) is 81.5 Å². The molecule has 0 saturated carbocycles. The summed E-state index contributed by atoms with van der Waals surface area (Å²) >= 11 is 0. The van der Waals surface area contributed by atoms with Crippen molar-refractivity contribution in [3.63, 3.8) is 0 Å². The van der Waals surface area contributed by atoms with Crippen LogP contribution in [-0.2, 0) is 10.8 Å². The maximum atomic E-state index is 11.3. The molecule has 1 aromatic rings. The van der Waals surface area contributed by atoms with Gasteiger partial charge in [0.1, 0.15) is 5.69 Å². The first-order valence-electron chi connectivity index (χ1n) is 5.50. The number of nitro groups is 1. The Morgan fingerprint density at radius 2 is 2.22 bits per heavy atom. The van der Waals surface area contributed by atoms with Crippen molar-refractivity contribution in [1.82, 2.24) is 0 Å². The van der Waals surface area contributed by atoms with E-state index in [1.807, 2.05) is 6.92 Å². The molecular weight excluding hydrogens is 256 g/mol. The molecule has 0 fully saturated rings. The molecule has 0 aliphatic heterocycles. The van der Waals surface area contributed by atoms with E-state index in [0.29, 0.717) is 23.7 Å². The molecule has 1 atom stereocenters. The van der Waals surface area contributed by atoms with E-state index < -0.39 is 15.7 Å². The first-order chi connectivity index (χ1) is 8.60. The SMILES string of the molecule is CCS(=O)CCNc1cccc(OC)c1[N+](=O)[O-]. The molecule has 0 radical (unpaired) electrons. The van der Waals surface area contributed by atoms with Crippen LogP contribution in [0, 0.1) is 10.1 Å². The lowest BCUT2D eigenvalue weighted by atomic mass is 10.2. The van der Waals surface area contributed by atoms with Gasteiger partial charge in [0.15, 0.2) is 5.75 Å². The van der Waals surface area contributed by atoms with E-state index in [2.05, 4.69) is 5.32 Å². The van der Waals surface area contributed by atoms with Gasteiger partial charge in [-0.25, -0.2) is 0 Å². The molecule has 6 nitrogen and oxygen atoms in total. The van der Waals surface area contributed by atoms with Crippen molar-refractivity contribution in [3.8, 4) is 5.75 Å². The normalized spacial score (nSPS) is 11.9. The van der Waals surface area contributed by atoms with E-state index in [9.17, 15) is 14.3 Å². The summed E-state index contributed by atoms with van der Waals surface area (Å²) in [6, 6.07) is 4.81. The molecule has 0 spiro atoms. The van der Waals surface area contributed by atoms with Crippen LogP contribution in [0.1, 0.15) is 6.92 Å². The minimum atomic E-state index is -0.889. The van der Waals surface area contributed by atoms with Gasteiger partial charge in [-0.3, -0.25) is 14.3 Å². The van der Waals surface area contributed by atoms with Gasteiger partial charge in [0.2, 0.25) is 0 Å². The molecule has 100 valence electrons. The van der Waals surface area contributed by atoms with Gasteiger partial charge < -0.3 is 10.1 Å². The van der Waals surface area contributed by atoms with E-state index in [0.717, 1.165) is 0 Å². The first kappa shape index (κ1) is 14.4. The Labute approximate surface area is 108 Å². The van der Waals surface area contributed by atoms with E-state index in [1.165, 1.54) is 13.2 Å². The molecular formula is C11H16N2O4S. The fourth-order valence-electron chi connectivity index (χ4n) is 1.46. The number of nitrogens with one attached hydrogen (secondary N) is 1. The van der Waals surface area contributed by atoms with Crippen molar-refractivity contribution in [3.05, 3.63) is 28.3 Å². The number of hydrogen-bond acceptors (Lipinski definition) is 5. The lowest BCUT2D eigenvalue weighted by Gasteiger charge is -2.09. The van der Waals surface area contributed by atoms with Gasteiger partial charge in [-0.1, -0.05) is 13.0 Å². The van der Waals surface area contributed by atoms with Crippen LogP contribution in [-0.4, -0.2) is 34.3 Å². The molecule has 0 aromatic heterocycles. The fourth-order valence-corrected chi connectivity index (χ4v) is 2.08. The summed E-state index contributed by atoms with van der Waals surface area (Å²) in [5.41, 5.74) is 0.287. The number of para-hydroxylation sites is 1. The van der Waals surface area contributed by atoms with Crippen molar-refractivity contribution in [2.45, 2.75) is 6.92 Å². The molecule has 0 bridgehead atoms. The van der Waals surface area contributed by atoms with Crippen molar-refractivity contribution in [2.75, 3.05) is 30.5 Å². The smallest absolute Gasteiger partial charge is 0.333 e. The van der Waals surface area contributed by atoms with Crippen LogP contribution in [0.25, 0.3) is 0 Å². The lowest BCUT2D eigenvalue weighted by Crippen LogP contribution is -2.13. The van der Waals surface area contributed by atoms with Gasteiger partial charge in [-0.05, 0) is 12.1 Å². The molecule has 0 heterocycles. The van der Waals surface area contributed by atoms with E-state index in [-0.39, 0.29) is 11.4 Å². The molecule has 7 heteroatoms. The highest BCUT2D eigenvalue weighted by molar-refractivity contribution is 7.84. The van der Waals surface area contributed by atoms with E-state index >= 15 is 0 Å². The standard InChI is InChI=1S/C11H16N2O4S/c1-3-18(16)8-7-12-9-5-4-6-10(17-2)11(9)13(14)15/h4-6,12H,3,7-8H2,1-2H3. The van der Waals surface area contributed by atoms with Gasteiger partial charge in [-0.2, -0.15) is 0 Å². The Balaban J connectivity index is 2.82. The minimum absolute atomic E-state index is 0.0951. The molecule has 0 amide bonds. The van der Waals surface area contributed by atoms with E-state index in [1.54, 1.807) is 12.1 Å². The second kappa shape index (κ2) is 6.95. The number of benzene rings is 1. The molecule has 0 aliphatic carbocycles. The summed E-state index contributed by atoms with van der Waals surface area (Å²) in [5, 5.41) is 13.9. The Kier molecular flexibility index (Phi) is 5.57. The summed E-state index contributed by atoms with van der Waals surface area (Å²) < 4.78 is 16.2. The first-order valence-corrected chi connectivity index (χ1v) is 6.99. The predicted molar refractivity (Wildman–Crippen MR) is 71.7 cm³/mol. The Morgan fingerprint density at radius 3 is 2.78 bits per heavy atom. The molecule has 1 aromatic carbocycles. The minimum Gasteiger partial charge on any atom is -0.490 e. The fraction of sp³-hybridized carbons (Fsp3) is 0.455. The second-order valence-electron chi connectivity index (χ2n) is 3.47. The Hall–Kier alpha value is -1.63. The van der Waals surface area contributed by atoms with Crippen LogP contribution in [0.3, 0.4) is 0 Å². The summed E-state index contributed by atoms with van der Waals surface area (Å²) in [7, 11) is 0.498. The average molecular weight is 272 g/mol. The highest BCUT2D eigenvalue weighted by Crippen LogP contribution is 2.34. The van der Waals surface area contributed by atoms with E-state index in [4.69, 9.17) is 4.74 Å². The van der Waals surface area contributed by atoms with Crippen LogP contribution in [0.5, 0.6) is 5.75 Å². The monoisotopic (exact) mass is 272 g/mol. The zero-order valence-corrected chi connectivity index (χ0v) is 11.2. The molecule has 1 N–H and O–H groups in total. The third-order valence-electron chi connectivity index (χ3n) is 2.37. The zero-order valence-electron chi connectivity index (χ0n) is 10.3. The maximum absolute atomic E-state index is 11.3. The van der Waals surface area contributed by atoms with Crippen LogP contribution in [0.4, 0.5) is 11.4 Å². The molecule has 0 saturated heterocycles. The van der Waals surface area contributed by atoms with Gasteiger partial charge in [-0.15, -0.1) is 0 Å². The quantitative estimate of drug-likeness (QED) is 0.604. The van der Waals surface area contributed by atoms with Crippen LogP contribution < -0.4 is 10.1 Å². The highest BCUT2D eigenvalue weighted by Gasteiger charge is 2.19. The predicted octanol–water partition coefficient (Wildman–Crippen LogP) is 1.78. The molecule has 0 aliphatic rings. The number of anilines is 1. The maximum Gasteiger partial charge on any atom is 0.333 e. The van der Waals surface area contributed by atoms with Gasteiger partial charge in [0.05, 0.1) is 12.0 Å². The number of nitrogens with zero attached hydrogens (tertiary/aromatic N) is 1. The zero-order chi connectivity index (χ0) is 13.5. The Bertz CT molecular complexity index is 451. The highest BCUT2D eigenvalue weighted by atomic mass is 32.2. The number of nitro benzene ring substituents is 1.